The largest absolute Gasteiger partial charge is 0.466 e. The molecule has 0 bridgehead atoms. The van der Waals surface area contributed by atoms with Crippen LogP contribution in [0.15, 0.2) is 30.3 Å². The summed E-state index contributed by atoms with van der Waals surface area (Å²) in [7, 11) is -1.17. The molecule has 4 nitrogen and oxygen atoms in total. The Morgan fingerprint density at radius 3 is 2.14 bits per heavy atom. The van der Waals surface area contributed by atoms with Gasteiger partial charge in [0.15, 0.2) is 0 Å². The van der Waals surface area contributed by atoms with E-state index in [2.05, 4.69) is 19.6 Å². The van der Waals surface area contributed by atoms with Crippen molar-refractivity contribution in [3.05, 3.63) is 35.9 Å². The van der Waals surface area contributed by atoms with Crippen LogP contribution in [0.25, 0.3) is 0 Å². The number of hydrogen-bond acceptors (Lipinski definition) is 4. The summed E-state index contributed by atoms with van der Waals surface area (Å²) in [4.78, 5) is 23.1. The molecule has 22 heavy (non-hydrogen) atoms. The topological polar surface area (TPSA) is 52.6 Å². The van der Waals surface area contributed by atoms with Gasteiger partial charge >= 0.3 is 11.9 Å². The summed E-state index contributed by atoms with van der Waals surface area (Å²) in [5, 5.41) is 0. The van der Waals surface area contributed by atoms with E-state index in [4.69, 9.17) is 9.47 Å². The molecular weight excluding hydrogens is 296 g/mol. The molecule has 0 N–H and O–H groups in total. The maximum absolute atomic E-state index is 11.6. The van der Waals surface area contributed by atoms with Gasteiger partial charge in [-0.1, -0.05) is 50.0 Å². The summed E-state index contributed by atoms with van der Waals surface area (Å²) in [6.45, 7) is 7.49. The van der Waals surface area contributed by atoms with E-state index in [1.165, 1.54) is 0 Å². The van der Waals surface area contributed by atoms with Gasteiger partial charge in [0.25, 0.3) is 0 Å². The third-order valence-electron chi connectivity index (χ3n) is 3.12. The number of rotatable bonds is 9. The second-order valence-corrected chi connectivity index (χ2v) is 12.2. The molecule has 0 unspecified atom stereocenters. The number of carbonyl (C=O) groups is 2. The Hall–Kier alpha value is -1.62. The number of ether oxygens (including phenoxy) is 2. The molecule has 0 saturated carbocycles. The lowest BCUT2D eigenvalue weighted by Gasteiger charge is -2.15. The fraction of sp³-hybridized carbons (Fsp3) is 0.529. The maximum atomic E-state index is 11.6. The monoisotopic (exact) mass is 322 g/mol. The molecule has 0 heterocycles. The van der Waals surface area contributed by atoms with Gasteiger partial charge in [0.05, 0.1) is 6.61 Å². The van der Waals surface area contributed by atoms with Gasteiger partial charge in [0, 0.05) is 20.9 Å². The van der Waals surface area contributed by atoms with E-state index < -0.39 is 8.07 Å². The lowest BCUT2D eigenvalue weighted by atomic mass is 10.2. The van der Waals surface area contributed by atoms with Gasteiger partial charge in [-0.3, -0.25) is 9.59 Å². The van der Waals surface area contributed by atoms with Gasteiger partial charge < -0.3 is 9.47 Å². The van der Waals surface area contributed by atoms with Crippen LogP contribution in [0.5, 0.6) is 0 Å². The van der Waals surface area contributed by atoms with E-state index in [-0.39, 0.29) is 31.4 Å². The maximum Gasteiger partial charge on any atom is 0.306 e. The first kappa shape index (κ1) is 18.4. The van der Waals surface area contributed by atoms with Crippen LogP contribution < -0.4 is 0 Å². The van der Waals surface area contributed by atoms with Gasteiger partial charge in [0.1, 0.15) is 6.61 Å². The Balaban J connectivity index is 2.08. The SMILES string of the molecule is C[Si](C)(C)CCOC(=O)CCCC(=O)OCc1ccccc1. The fourth-order valence-corrected chi connectivity index (χ4v) is 2.44. The average molecular weight is 322 g/mol. The van der Waals surface area contributed by atoms with E-state index in [9.17, 15) is 9.59 Å². The minimum Gasteiger partial charge on any atom is -0.466 e. The Kier molecular flexibility index (Phi) is 7.88. The Labute approximate surface area is 133 Å². The quantitative estimate of drug-likeness (QED) is 0.513. The highest BCUT2D eigenvalue weighted by Crippen LogP contribution is 2.09. The van der Waals surface area contributed by atoms with Crippen LogP contribution in [0.4, 0.5) is 0 Å². The molecule has 122 valence electrons. The Bertz CT molecular complexity index is 465. The molecule has 0 amide bonds. The van der Waals surface area contributed by atoms with Crippen molar-refractivity contribution in [1.82, 2.24) is 0 Å². The lowest BCUT2D eigenvalue weighted by molar-refractivity contribution is -0.146. The van der Waals surface area contributed by atoms with Crippen molar-refractivity contribution in [3.63, 3.8) is 0 Å². The molecule has 1 rings (SSSR count). The first-order chi connectivity index (χ1) is 10.4. The van der Waals surface area contributed by atoms with Crippen LogP contribution in [0, 0.1) is 0 Å². The zero-order chi connectivity index (χ0) is 16.4. The van der Waals surface area contributed by atoms with Crippen LogP contribution >= 0.6 is 0 Å². The molecule has 0 saturated heterocycles. The van der Waals surface area contributed by atoms with E-state index in [1.54, 1.807) is 0 Å². The van der Waals surface area contributed by atoms with Gasteiger partial charge in [-0.05, 0) is 18.0 Å². The second-order valence-electron chi connectivity index (χ2n) is 6.53. The summed E-state index contributed by atoms with van der Waals surface area (Å²) in [6, 6.07) is 10.5. The highest BCUT2D eigenvalue weighted by molar-refractivity contribution is 6.76. The van der Waals surface area contributed by atoms with Crippen LogP contribution in [0.3, 0.4) is 0 Å². The number of carbonyl (C=O) groups excluding carboxylic acids is 2. The van der Waals surface area contributed by atoms with E-state index in [1.807, 2.05) is 30.3 Å². The molecular formula is C17H26O4Si. The van der Waals surface area contributed by atoms with Gasteiger partial charge in [0.2, 0.25) is 0 Å². The van der Waals surface area contributed by atoms with Crippen LogP contribution in [-0.2, 0) is 25.7 Å². The summed E-state index contributed by atoms with van der Waals surface area (Å²) in [5.41, 5.74) is 0.960. The molecule has 0 fully saturated rings. The molecule has 0 spiro atoms. The number of hydrogen-bond donors (Lipinski definition) is 0. The van der Waals surface area contributed by atoms with Crippen LogP contribution in [0.2, 0.25) is 25.7 Å². The molecule has 0 aromatic heterocycles. The highest BCUT2D eigenvalue weighted by Gasteiger charge is 2.14. The third-order valence-corrected chi connectivity index (χ3v) is 4.82. The van der Waals surface area contributed by atoms with Gasteiger partial charge in [-0.15, -0.1) is 0 Å². The van der Waals surface area contributed by atoms with Crippen molar-refractivity contribution >= 4 is 20.0 Å². The van der Waals surface area contributed by atoms with E-state index in [0.29, 0.717) is 13.0 Å². The van der Waals surface area contributed by atoms with E-state index in [0.717, 1.165) is 11.6 Å². The van der Waals surface area contributed by atoms with Crippen molar-refractivity contribution < 1.29 is 19.1 Å². The highest BCUT2D eigenvalue weighted by atomic mass is 28.3. The fourth-order valence-electron chi connectivity index (χ4n) is 1.73. The molecule has 0 radical (unpaired) electrons. The molecule has 0 atom stereocenters. The zero-order valence-corrected chi connectivity index (χ0v) is 14.8. The predicted molar refractivity (Wildman–Crippen MR) is 89.2 cm³/mol. The van der Waals surface area contributed by atoms with Crippen molar-refractivity contribution in [2.45, 2.75) is 51.6 Å². The first-order valence-corrected chi connectivity index (χ1v) is 11.4. The Morgan fingerprint density at radius 2 is 1.55 bits per heavy atom. The smallest absolute Gasteiger partial charge is 0.306 e. The van der Waals surface area contributed by atoms with Gasteiger partial charge in [-0.2, -0.15) is 0 Å². The van der Waals surface area contributed by atoms with E-state index >= 15 is 0 Å². The summed E-state index contributed by atoms with van der Waals surface area (Å²) < 4.78 is 10.3. The first-order valence-electron chi connectivity index (χ1n) is 7.72. The number of esters is 2. The number of benzene rings is 1. The molecule has 1 aromatic carbocycles. The van der Waals surface area contributed by atoms with Crippen molar-refractivity contribution in [1.29, 1.82) is 0 Å². The standard InChI is InChI=1S/C17H26O4Si/c1-22(2,3)13-12-20-16(18)10-7-11-17(19)21-14-15-8-5-4-6-9-15/h4-6,8-9H,7,10-14H2,1-3H3. The summed E-state index contributed by atoms with van der Waals surface area (Å²) in [5.74, 6) is -0.507. The molecule has 0 aliphatic rings. The third kappa shape index (κ3) is 9.34. The van der Waals surface area contributed by atoms with Gasteiger partial charge in [-0.25, -0.2) is 0 Å². The van der Waals surface area contributed by atoms with Crippen LogP contribution in [-0.4, -0.2) is 26.6 Å². The Morgan fingerprint density at radius 1 is 0.955 bits per heavy atom. The van der Waals surface area contributed by atoms with Crippen molar-refractivity contribution in [3.8, 4) is 0 Å². The normalized spacial score (nSPS) is 11.0. The zero-order valence-electron chi connectivity index (χ0n) is 13.8. The van der Waals surface area contributed by atoms with Crippen LogP contribution in [0.1, 0.15) is 24.8 Å². The molecule has 1 aromatic rings. The predicted octanol–water partition coefficient (Wildman–Crippen LogP) is 3.78. The minimum absolute atomic E-state index is 0.228. The summed E-state index contributed by atoms with van der Waals surface area (Å²) >= 11 is 0. The second kappa shape index (κ2) is 9.41. The molecule has 5 heteroatoms. The molecule has 0 aliphatic carbocycles. The van der Waals surface area contributed by atoms with Crippen molar-refractivity contribution in [2.75, 3.05) is 6.61 Å². The van der Waals surface area contributed by atoms with Crippen molar-refractivity contribution in [2.24, 2.45) is 0 Å². The minimum atomic E-state index is -1.17. The average Bonchev–Trinajstić information content (AvgIpc) is 2.45. The lowest BCUT2D eigenvalue weighted by Crippen LogP contribution is -2.22. The summed E-state index contributed by atoms with van der Waals surface area (Å²) in [6.07, 6.45) is 0.988. The molecule has 0 aliphatic heterocycles.